The number of alkyl halides is 2. The Morgan fingerprint density at radius 1 is 1.16 bits per heavy atom. The van der Waals surface area contributed by atoms with Crippen LogP contribution in [0.5, 0.6) is 11.5 Å². The standard InChI is InChI=1S/C24H28F2N2O3/c1-16(27-17(2)29)18-3-7-22(8-4-18)31-23-11-12-28(14-23)20-5-9-21(10-6-20)30-15-19-13-24(19,25)26/h3-10,16,19,23H,11-15H2,1-2H3,(H,27,29). The lowest BCUT2D eigenvalue weighted by molar-refractivity contribution is -0.119. The summed E-state index contributed by atoms with van der Waals surface area (Å²) in [5, 5.41) is 2.87. The summed E-state index contributed by atoms with van der Waals surface area (Å²) in [6.07, 6.45) is 0.933. The van der Waals surface area contributed by atoms with Crippen molar-refractivity contribution in [2.75, 3.05) is 24.6 Å². The Kier molecular flexibility index (Phi) is 6.03. The van der Waals surface area contributed by atoms with Crippen molar-refractivity contribution in [1.82, 2.24) is 5.32 Å². The summed E-state index contributed by atoms with van der Waals surface area (Å²) in [4.78, 5) is 13.4. The maximum Gasteiger partial charge on any atom is 0.255 e. The number of anilines is 1. The topological polar surface area (TPSA) is 50.8 Å². The second kappa shape index (κ2) is 8.73. The van der Waals surface area contributed by atoms with Gasteiger partial charge in [-0.3, -0.25) is 4.79 Å². The minimum Gasteiger partial charge on any atom is -0.493 e. The number of rotatable bonds is 8. The summed E-state index contributed by atoms with van der Waals surface area (Å²) in [5.41, 5.74) is 2.10. The lowest BCUT2D eigenvalue weighted by Gasteiger charge is -2.20. The van der Waals surface area contributed by atoms with Gasteiger partial charge in [0.05, 0.1) is 25.1 Å². The first-order valence-corrected chi connectivity index (χ1v) is 10.7. The zero-order valence-electron chi connectivity index (χ0n) is 17.8. The molecule has 1 heterocycles. The molecule has 31 heavy (non-hydrogen) atoms. The number of carbonyl (C=O) groups excluding carboxylic acids is 1. The predicted octanol–water partition coefficient (Wildman–Crippen LogP) is 4.58. The molecule has 1 N–H and O–H groups in total. The van der Waals surface area contributed by atoms with Crippen molar-refractivity contribution < 1.29 is 23.0 Å². The van der Waals surface area contributed by atoms with Crippen LogP contribution in [0.2, 0.25) is 0 Å². The average molecular weight is 430 g/mol. The highest BCUT2D eigenvalue weighted by Crippen LogP contribution is 2.48. The molecule has 2 aromatic rings. The lowest BCUT2D eigenvalue weighted by atomic mass is 10.1. The van der Waals surface area contributed by atoms with Crippen molar-refractivity contribution in [3.63, 3.8) is 0 Å². The Morgan fingerprint density at radius 3 is 2.42 bits per heavy atom. The average Bonchev–Trinajstić information content (AvgIpc) is 3.11. The maximum atomic E-state index is 12.9. The van der Waals surface area contributed by atoms with E-state index in [1.807, 2.05) is 55.5 Å². The van der Waals surface area contributed by atoms with Crippen LogP contribution >= 0.6 is 0 Å². The molecule has 3 atom stereocenters. The molecule has 1 amide bonds. The largest absolute Gasteiger partial charge is 0.493 e. The van der Waals surface area contributed by atoms with E-state index in [0.29, 0.717) is 5.75 Å². The number of amides is 1. The van der Waals surface area contributed by atoms with Crippen LogP contribution in [0.1, 0.15) is 38.3 Å². The summed E-state index contributed by atoms with van der Waals surface area (Å²) in [6.45, 7) is 5.18. The van der Waals surface area contributed by atoms with Gasteiger partial charge < -0.3 is 19.7 Å². The quantitative estimate of drug-likeness (QED) is 0.666. The van der Waals surface area contributed by atoms with E-state index in [-0.39, 0.29) is 31.1 Å². The van der Waals surface area contributed by atoms with Crippen LogP contribution < -0.4 is 19.7 Å². The van der Waals surface area contributed by atoms with Crippen LogP contribution in [0.15, 0.2) is 48.5 Å². The van der Waals surface area contributed by atoms with Crippen molar-refractivity contribution in [3.8, 4) is 11.5 Å². The second-order valence-electron chi connectivity index (χ2n) is 8.43. The summed E-state index contributed by atoms with van der Waals surface area (Å²) in [7, 11) is 0. The van der Waals surface area contributed by atoms with E-state index in [0.717, 1.165) is 36.5 Å². The third-order valence-corrected chi connectivity index (χ3v) is 5.86. The van der Waals surface area contributed by atoms with Gasteiger partial charge >= 0.3 is 0 Å². The smallest absolute Gasteiger partial charge is 0.255 e. The number of nitrogens with zero attached hydrogens (tertiary/aromatic N) is 1. The molecule has 2 fully saturated rings. The predicted molar refractivity (Wildman–Crippen MR) is 115 cm³/mol. The van der Waals surface area contributed by atoms with Gasteiger partial charge in [-0.1, -0.05) is 12.1 Å². The Bertz CT molecular complexity index is 902. The van der Waals surface area contributed by atoms with Crippen LogP contribution in [0.25, 0.3) is 0 Å². The minimum absolute atomic E-state index is 0.0405. The molecule has 2 aliphatic rings. The summed E-state index contributed by atoms with van der Waals surface area (Å²) >= 11 is 0. The molecule has 0 aromatic heterocycles. The minimum atomic E-state index is -2.55. The number of carbonyl (C=O) groups is 1. The molecule has 2 aromatic carbocycles. The SMILES string of the molecule is CC(=O)NC(C)c1ccc(OC2CCN(c3ccc(OCC4CC4(F)F)cc3)C2)cc1. The molecule has 0 bridgehead atoms. The number of hydrogen-bond donors (Lipinski definition) is 1. The van der Waals surface area contributed by atoms with Crippen LogP contribution in [0.3, 0.4) is 0 Å². The first-order chi connectivity index (χ1) is 14.8. The fourth-order valence-electron chi connectivity index (χ4n) is 3.88. The van der Waals surface area contributed by atoms with Crippen molar-refractivity contribution in [1.29, 1.82) is 0 Å². The van der Waals surface area contributed by atoms with E-state index in [2.05, 4.69) is 10.2 Å². The number of hydrogen-bond acceptors (Lipinski definition) is 4. The van der Waals surface area contributed by atoms with Gasteiger partial charge in [0.15, 0.2) is 0 Å². The zero-order valence-corrected chi connectivity index (χ0v) is 17.8. The van der Waals surface area contributed by atoms with Gasteiger partial charge in [0.2, 0.25) is 5.91 Å². The molecule has 5 nitrogen and oxygen atoms in total. The molecule has 166 valence electrons. The second-order valence-corrected chi connectivity index (χ2v) is 8.43. The molecule has 7 heteroatoms. The molecule has 4 rings (SSSR count). The van der Waals surface area contributed by atoms with E-state index in [1.54, 1.807) is 0 Å². The fourth-order valence-corrected chi connectivity index (χ4v) is 3.88. The third kappa shape index (κ3) is 5.46. The van der Waals surface area contributed by atoms with Crippen molar-refractivity contribution in [2.24, 2.45) is 5.92 Å². The first-order valence-electron chi connectivity index (χ1n) is 10.7. The number of halogens is 2. The Morgan fingerprint density at radius 2 is 1.81 bits per heavy atom. The molecule has 1 aliphatic heterocycles. The summed E-state index contributed by atoms with van der Waals surface area (Å²) in [6, 6.07) is 15.4. The van der Waals surface area contributed by atoms with Gasteiger partial charge in [-0.15, -0.1) is 0 Å². The molecule has 1 saturated carbocycles. The molecular formula is C24H28F2N2O3. The highest BCUT2D eigenvalue weighted by molar-refractivity contribution is 5.73. The molecule has 1 saturated heterocycles. The maximum absolute atomic E-state index is 12.9. The van der Waals surface area contributed by atoms with Crippen molar-refractivity contribution in [2.45, 2.75) is 44.8 Å². The van der Waals surface area contributed by atoms with Gasteiger partial charge in [-0.2, -0.15) is 0 Å². The molecular weight excluding hydrogens is 402 g/mol. The fraction of sp³-hybridized carbons (Fsp3) is 0.458. The van der Waals surface area contributed by atoms with Crippen LogP contribution in [-0.4, -0.2) is 37.6 Å². The van der Waals surface area contributed by atoms with Crippen LogP contribution in [0.4, 0.5) is 14.5 Å². The number of ether oxygens (including phenoxy) is 2. The van der Waals surface area contributed by atoms with E-state index >= 15 is 0 Å². The van der Waals surface area contributed by atoms with E-state index < -0.39 is 11.8 Å². The highest BCUT2D eigenvalue weighted by atomic mass is 19.3. The Hall–Kier alpha value is -2.83. The van der Waals surface area contributed by atoms with Crippen molar-refractivity contribution in [3.05, 3.63) is 54.1 Å². The van der Waals surface area contributed by atoms with Gasteiger partial charge in [-0.05, 0) is 48.9 Å². The monoisotopic (exact) mass is 430 g/mol. The first kappa shape index (κ1) is 21.4. The summed E-state index contributed by atoms with van der Waals surface area (Å²) < 4.78 is 37.5. The molecule has 0 spiro atoms. The Balaban J connectivity index is 1.26. The van der Waals surface area contributed by atoms with E-state index in [4.69, 9.17) is 9.47 Å². The van der Waals surface area contributed by atoms with Gasteiger partial charge in [0.1, 0.15) is 17.6 Å². The van der Waals surface area contributed by atoms with E-state index in [9.17, 15) is 13.6 Å². The lowest BCUT2D eigenvalue weighted by Crippen LogP contribution is -2.24. The zero-order chi connectivity index (χ0) is 22.0. The normalized spacial score (nSPS) is 22.6. The van der Waals surface area contributed by atoms with Gasteiger partial charge in [0, 0.05) is 32.0 Å². The highest BCUT2D eigenvalue weighted by Gasteiger charge is 2.57. The van der Waals surface area contributed by atoms with Crippen molar-refractivity contribution >= 4 is 11.6 Å². The number of benzene rings is 2. The Labute approximate surface area is 181 Å². The van der Waals surface area contributed by atoms with Crippen LogP contribution in [0, 0.1) is 5.92 Å². The van der Waals surface area contributed by atoms with E-state index in [1.165, 1.54) is 6.92 Å². The van der Waals surface area contributed by atoms with Crippen LogP contribution in [-0.2, 0) is 4.79 Å². The summed E-state index contributed by atoms with van der Waals surface area (Å²) in [5.74, 6) is -1.82. The van der Waals surface area contributed by atoms with Gasteiger partial charge in [0.25, 0.3) is 5.92 Å². The third-order valence-electron chi connectivity index (χ3n) is 5.86. The number of nitrogens with one attached hydrogen (secondary N) is 1. The molecule has 1 aliphatic carbocycles. The van der Waals surface area contributed by atoms with Gasteiger partial charge in [-0.25, -0.2) is 8.78 Å². The molecule has 3 unspecified atom stereocenters. The molecule has 0 radical (unpaired) electrons.